The smallest absolute Gasteiger partial charge is 0.0816 e. The number of ether oxygens (including phenoxy) is 4. The fourth-order valence-electron chi connectivity index (χ4n) is 8.67. The van der Waals surface area contributed by atoms with Crippen LogP contribution in [0.15, 0.2) is 0 Å². The van der Waals surface area contributed by atoms with Gasteiger partial charge in [0.15, 0.2) is 0 Å². The number of hydrogen-bond donors (Lipinski definition) is 2. The topological polar surface area (TPSA) is 102 Å². The first-order chi connectivity index (χ1) is 15.8. The summed E-state index contributed by atoms with van der Waals surface area (Å²) < 4.78 is 23.7. The minimum Gasteiger partial charge on any atom is -0.373 e. The van der Waals surface area contributed by atoms with Gasteiger partial charge < -0.3 is 30.4 Å². The van der Waals surface area contributed by atoms with Crippen LogP contribution in [0.1, 0.15) is 84.5 Å². The number of rotatable bonds is 10. The van der Waals surface area contributed by atoms with Gasteiger partial charge in [0.05, 0.1) is 56.5 Å². The first-order valence-electron chi connectivity index (χ1n) is 13.8. The number of epoxide rings is 4. The van der Waals surface area contributed by atoms with Crippen molar-refractivity contribution in [1.82, 2.24) is 0 Å². The molecule has 4 N–H and O–H groups in total. The Hall–Kier alpha value is -0.240. The predicted molar refractivity (Wildman–Crippen MR) is 126 cm³/mol. The molecule has 6 atom stereocenters. The second kappa shape index (κ2) is 8.14. The van der Waals surface area contributed by atoms with Gasteiger partial charge in [0.25, 0.3) is 0 Å². The molecule has 6 aliphatic rings. The van der Waals surface area contributed by atoms with Gasteiger partial charge in [-0.1, -0.05) is 33.1 Å². The lowest BCUT2D eigenvalue weighted by Crippen LogP contribution is -2.76. The van der Waals surface area contributed by atoms with Gasteiger partial charge in [-0.3, -0.25) is 0 Å². The summed E-state index contributed by atoms with van der Waals surface area (Å²) in [6.07, 6.45) is 14.0. The summed E-state index contributed by atoms with van der Waals surface area (Å²) in [5.74, 6) is 0.872. The van der Waals surface area contributed by atoms with E-state index in [1.54, 1.807) is 0 Å². The summed E-state index contributed by atoms with van der Waals surface area (Å²) in [4.78, 5) is 0. The van der Waals surface area contributed by atoms with E-state index < -0.39 is 5.66 Å². The Labute approximate surface area is 199 Å². The normalized spacial score (nSPS) is 46.7. The van der Waals surface area contributed by atoms with Gasteiger partial charge in [0.2, 0.25) is 0 Å². The Morgan fingerprint density at radius 2 is 1.24 bits per heavy atom. The van der Waals surface area contributed by atoms with Crippen molar-refractivity contribution in [2.24, 2.45) is 39.5 Å². The molecule has 4 saturated heterocycles. The second-order valence-electron chi connectivity index (χ2n) is 13.2. The number of nitrogens with two attached hydrogens (primary N) is 2. The lowest BCUT2D eigenvalue weighted by Gasteiger charge is -2.69. The molecule has 0 aromatic heterocycles. The minimum absolute atomic E-state index is 0.0179. The SMILES string of the molecule is CC1(C)CCC(CC2CO2)(C(N)(N)C2CCCCC2)C(CC2CO2)(CC2CO2)C1CC1CO1. The first-order valence-corrected chi connectivity index (χ1v) is 13.8. The fraction of sp³-hybridized carbons (Fsp3) is 1.00. The van der Waals surface area contributed by atoms with E-state index in [0.717, 1.165) is 71.4 Å². The fourth-order valence-corrected chi connectivity index (χ4v) is 8.67. The summed E-state index contributed by atoms with van der Waals surface area (Å²) in [6.45, 7) is 8.49. The van der Waals surface area contributed by atoms with Gasteiger partial charge in [0.1, 0.15) is 0 Å². The van der Waals surface area contributed by atoms with Crippen molar-refractivity contribution in [3.8, 4) is 0 Å². The molecule has 188 valence electrons. The van der Waals surface area contributed by atoms with Crippen LogP contribution < -0.4 is 11.5 Å². The molecule has 2 aliphatic carbocycles. The van der Waals surface area contributed by atoms with Crippen molar-refractivity contribution >= 4 is 0 Å². The maximum absolute atomic E-state index is 7.55. The van der Waals surface area contributed by atoms with Gasteiger partial charge in [-0.15, -0.1) is 0 Å². The molecule has 0 radical (unpaired) electrons. The predicted octanol–water partition coefficient (Wildman–Crippen LogP) is 3.75. The van der Waals surface area contributed by atoms with E-state index in [9.17, 15) is 0 Å². The van der Waals surface area contributed by atoms with Crippen LogP contribution in [0.25, 0.3) is 0 Å². The third kappa shape index (κ3) is 4.21. The van der Waals surface area contributed by atoms with Crippen LogP contribution in [0.5, 0.6) is 0 Å². The van der Waals surface area contributed by atoms with E-state index in [0.29, 0.717) is 36.3 Å². The lowest BCUT2D eigenvalue weighted by atomic mass is 9.37. The van der Waals surface area contributed by atoms with Crippen LogP contribution in [0.2, 0.25) is 0 Å². The summed E-state index contributed by atoms with van der Waals surface area (Å²) in [7, 11) is 0. The van der Waals surface area contributed by atoms with Gasteiger partial charge in [-0.25, -0.2) is 0 Å². The summed E-state index contributed by atoms with van der Waals surface area (Å²) >= 11 is 0. The third-order valence-corrected chi connectivity index (χ3v) is 10.7. The highest BCUT2D eigenvalue weighted by Crippen LogP contribution is 2.71. The molecule has 6 nitrogen and oxygen atoms in total. The van der Waals surface area contributed by atoms with E-state index in [1.807, 2.05) is 0 Å². The van der Waals surface area contributed by atoms with Crippen LogP contribution in [-0.4, -0.2) is 56.5 Å². The second-order valence-corrected chi connectivity index (χ2v) is 13.2. The Morgan fingerprint density at radius 3 is 1.76 bits per heavy atom. The summed E-state index contributed by atoms with van der Waals surface area (Å²) in [6, 6.07) is 0. The Kier molecular flexibility index (Phi) is 5.72. The lowest BCUT2D eigenvalue weighted by molar-refractivity contribution is -0.197. The highest BCUT2D eigenvalue weighted by atomic mass is 16.6. The molecule has 33 heavy (non-hydrogen) atoms. The average molecular weight is 463 g/mol. The molecular weight excluding hydrogens is 416 g/mol. The molecule has 0 aromatic carbocycles. The van der Waals surface area contributed by atoms with Crippen LogP contribution in [0.3, 0.4) is 0 Å². The van der Waals surface area contributed by atoms with E-state index >= 15 is 0 Å². The maximum Gasteiger partial charge on any atom is 0.0816 e. The average Bonchev–Trinajstić information content (AvgIpc) is 3.62. The van der Waals surface area contributed by atoms with Gasteiger partial charge in [-0.2, -0.15) is 0 Å². The van der Waals surface area contributed by atoms with Gasteiger partial charge in [-0.05, 0) is 74.0 Å². The highest BCUT2D eigenvalue weighted by molar-refractivity contribution is 5.20. The molecule has 0 amide bonds. The molecular formula is C27H46N2O4. The van der Waals surface area contributed by atoms with Crippen molar-refractivity contribution in [2.45, 2.75) is 115 Å². The third-order valence-electron chi connectivity index (χ3n) is 10.7. The highest BCUT2D eigenvalue weighted by Gasteiger charge is 2.71. The van der Waals surface area contributed by atoms with Crippen molar-refractivity contribution < 1.29 is 18.9 Å². The maximum atomic E-state index is 7.55. The molecule has 6 rings (SSSR count). The van der Waals surface area contributed by atoms with Gasteiger partial charge >= 0.3 is 0 Å². The van der Waals surface area contributed by atoms with E-state index in [4.69, 9.17) is 30.4 Å². The molecule has 6 heteroatoms. The molecule has 0 bridgehead atoms. The largest absolute Gasteiger partial charge is 0.373 e. The zero-order valence-electron chi connectivity index (χ0n) is 20.9. The monoisotopic (exact) mass is 462 g/mol. The van der Waals surface area contributed by atoms with E-state index in [1.165, 1.54) is 25.7 Å². The molecule has 2 saturated carbocycles. The van der Waals surface area contributed by atoms with E-state index in [-0.39, 0.29) is 16.2 Å². The molecule has 0 aromatic rings. The Morgan fingerprint density at radius 1 is 0.727 bits per heavy atom. The van der Waals surface area contributed by atoms with Crippen molar-refractivity contribution in [3.05, 3.63) is 0 Å². The zero-order valence-corrected chi connectivity index (χ0v) is 20.9. The van der Waals surface area contributed by atoms with Crippen LogP contribution in [0.4, 0.5) is 0 Å². The first kappa shape index (κ1) is 23.2. The van der Waals surface area contributed by atoms with Crippen LogP contribution in [-0.2, 0) is 18.9 Å². The molecule has 6 fully saturated rings. The zero-order chi connectivity index (χ0) is 22.9. The van der Waals surface area contributed by atoms with Crippen molar-refractivity contribution in [1.29, 1.82) is 0 Å². The quantitative estimate of drug-likeness (QED) is 0.379. The molecule has 4 heterocycles. The number of hydrogen-bond acceptors (Lipinski definition) is 6. The minimum atomic E-state index is -0.706. The van der Waals surface area contributed by atoms with Gasteiger partial charge in [0, 0.05) is 5.41 Å². The van der Waals surface area contributed by atoms with Crippen molar-refractivity contribution in [3.63, 3.8) is 0 Å². The molecule has 6 unspecified atom stereocenters. The van der Waals surface area contributed by atoms with E-state index in [2.05, 4.69) is 13.8 Å². The Bertz CT molecular complexity index is 706. The van der Waals surface area contributed by atoms with Crippen LogP contribution in [0, 0.1) is 28.1 Å². The molecule has 4 aliphatic heterocycles. The Balaban J connectivity index is 1.49. The van der Waals surface area contributed by atoms with Crippen LogP contribution >= 0.6 is 0 Å². The standard InChI is InChI=1S/C27H46N2O4/c1-24(2)8-9-26(13-22-17-33-22,27(28,29)18-6-4-3-5-7-18)25(11-20-15-31-20,12-21-16-32-21)23(24)10-19-14-30-19/h18-23H,3-17,28-29H2,1-2H3. The summed E-state index contributed by atoms with van der Waals surface area (Å²) in [5, 5.41) is 0. The molecule has 0 spiro atoms. The van der Waals surface area contributed by atoms with Crippen molar-refractivity contribution in [2.75, 3.05) is 26.4 Å². The summed E-state index contributed by atoms with van der Waals surface area (Å²) in [5.41, 5.74) is 14.4.